The van der Waals surface area contributed by atoms with Crippen molar-refractivity contribution in [1.82, 2.24) is 5.43 Å². The van der Waals surface area contributed by atoms with Gasteiger partial charge in [0.25, 0.3) is 11.8 Å². The molecule has 8 nitrogen and oxygen atoms in total. The maximum atomic E-state index is 13.8. The van der Waals surface area contributed by atoms with Gasteiger partial charge in [0.15, 0.2) is 18.1 Å². The van der Waals surface area contributed by atoms with Crippen LogP contribution in [0.5, 0.6) is 17.2 Å². The third kappa shape index (κ3) is 7.91. The quantitative estimate of drug-likeness (QED) is 0.180. The van der Waals surface area contributed by atoms with Gasteiger partial charge in [-0.25, -0.2) is 9.82 Å². The van der Waals surface area contributed by atoms with Crippen molar-refractivity contribution < 1.29 is 28.2 Å². The smallest absolute Gasteiger partial charge is 0.271 e. The summed E-state index contributed by atoms with van der Waals surface area (Å²) in [7, 11) is 0. The van der Waals surface area contributed by atoms with Crippen molar-refractivity contribution in [2.75, 3.05) is 18.5 Å². The summed E-state index contributed by atoms with van der Waals surface area (Å²) in [6.07, 6.45) is 1.41. The summed E-state index contributed by atoms with van der Waals surface area (Å²) in [5.74, 6) is -0.177. The van der Waals surface area contributed by atoms with Crippen LogP contribution in [0.25, 0.3) is 0 Å². The molecule has 0 saturated heterocycles. The fourth-order valence-corrected chi connectivity index (χ4v) is 3.61. The van der Waals surface area contributed by atoms with Crippen molar-refractivity contribution in [3.05, 3.63) is 120 Å². The van der Waals surface area contributed by atoms with E-state index in [1.54, 1.807) is 48.5 Å². The zero-order chi connectivity index (χ0) is 28.2. The van der Waals surface area contributed by atoms with Gasteiger partial charge in [0, 0.05) is 11.1 Å². The lowest BCUT2D eigenvalue weighted by Crippen LogP contribution is -2.21. The second-order valence-corrected chi connectivity index (χ2v) is 8.42. The number of nitrogens with zero attached hydrogens (tertiary/aromatic N) is 1. The van der Waals surface area contributed by atoms with E-state index in [9.17, 15) is 14.0 Å². The van der Waals surface area contributed by atoms with Gasteiger partial charge in [-0.2, -0.15) is 5.10 Å². The highest BCUT2D eigenvalue weighted by molar-refractivity contribution is 5.96. The van der Waals surface area contributed by atoms with Crippen molar-refractivity contribution in [3.63, 3.8) is 0 Å². The molecule has 0 aliphatic carbocycles. The topological polar surface area (TPSA) is 98.3 Å². The first-order chi connectivity index (χ1) is 19.5. The minimum absolute atomic E-state index is 0.0666. The molecule has 9 heteroatoms. The Labute approximate surface area is 231 Å². The predicted octanol–water partition coefficient (Wildman–Crippen LogP) is 5.58. The second-order valence-electron chi connectivity index (χ2n) is 8.42. The Morgan fingerprint density at radius 1 is 0.825 bits per heavy atom. The van der Waals surface area contributed by atoms with E-state index in [2.05, 4.69) is 15.8 Å². The lowest BCUT2D eigenvalue weighted by atomic mass is 10.2. The molecule has 0 atom stereocenters. The molecule has 0 bridgehead atoms. The van der Waals surface area contributed by atoms with E-state index in [0.717, 1.165) is 5.56 Å². The first-order valence-electron chi connectivity index (χ1n) is 12.6. The van der Waals surface area contributed by atoms with Gasteiger partial charge in [-0.15, -0.1) is 0 Å². The van der Waals surface area contributed by atoms with E-state index >= 15 is 0 Å². The Morgan fingerprint density at radius 3 is 2.38 bits per heavy atom. The average molecular weight is 542 g/mol. The van der Waals surface area contributed by atoms with Gasteiger partial charge in [0.1, 0.15) is 18.2 Å². The number of hydrogen-bond donors (Lipinski definition) is 2. The van der Waals surface area contributed by atoms with E-state index < -0.39 is 17.6 Å². The molecule has 4 rings (SSSR count). The molecule has 2 amide bonds. The molecule has 4 aromatic carbocycles. The number of ether oxygens (including phenoxy) is 3. The highest BCUT2D eigenvalue weighted by Crippen LogP contribution is 2.29. The number of hydrazone groups is 1. The Kier molecular flexibility index (Phi) is 9.82. The van der Waals surface area contributed by atoms with Gasteiger partial charge < -0.3 is 19.5 Å². The van der Waals surface area contributed by atoms with Crippen LogP contribution in [0.3, 0.4) is 0 Å². The summed E-state index contributed by atoms with van der Waals surface area (Å²) in [4.78, 5) is 25.0. The summed E-state index contributed by atoms with van der Waals surface area (Å²) < 4.78 is 30.9. The van der Waals surface area contributed by atoms with Gasteiger partial charge >= 0.3 is 0 Å². The molecule has 204 valence electrons. The van der Waals surface area contributed by atoms with E-state index in [1.165, 1.54) is 24.4 Å². The van der Waals surface area contributed by atoms with Crippen LogP contribution in [0, 0.1) is 5.82 Å². The van der Waals surface area contributed by atoms with Crippen molar-refractivity contribution in [1.29, 1.82) is 0 Å². The van der Waals surface area contributed by atoms with Gasteiger partial charge in [-0.3, -0.25) is 9.59 Å². The van der Waals surface area contributed by atoms with Crippen LogP contribution in [0.1, 0.15) is 28.4 Å². The normalized spacial score (nSPS) is 10.7. The molecule has 0 saturated carbocycles. The van der Waals surface area contributed by atoms with Crippen molar-refractivity contribution in [3.8, 4) is 17.2 Å². The maximum absolute atomic E-state index is 13.8. The Morgan fingerprint density at radius 2 is 1.57 bits per heavy atom. The van der Waals surface area contributed by atoms with Gasteiger partial charge in [-0.1, -0.05) is 54.6 Å². The number of rotatable bonds is 12. The van der Waals surface area contributed by atoms with E-state index in [1.807, 2.05) is 37.3 Å². The third-order valence-corrected chi connectivity index (χ3v) is 5.54. The number of carbonyl (C=O) groups excluding carboxylic acids is 2. The predicted molar refractivity (Wildman–Crippen MR) is 150 cm³/mol. The third-order valence-electron chi connectivity index (χ3n) is 5.54. The molecular weight excluding hydrogens is 513 g/mol. The van der Waals surface area contributed by atoms with Gasteiger partial charge in [0.05, 0.1) is 18.5 Å². The van der Waals surface area contributed by atoms with Gasteiger partial charge in [0.2, 0.25) is 0 Å². The monoisotopic (exact) mass is 541 g/mol. The van der Waals surface area contributed by atoms with Crippen molar-refractivity contribution in [2.45, 2.75) is 13.5 Å². The molecule has 0 aliphatic heterocycles. The molecule has 0 unspecified atom stereocenters. The molecule has 0 radical (unpaired) electrons. The number of benzene rings is 4. The first kappa shape index (κ1) is 27.8. The first-order valence-corrected chi connectivity index (χ1v) is 12.6. The highest BCUT2D eigenvalue weighted by atomic mass is 19.1. The fraction of sp³-hybridized carbons (Fsp3) is 0.129. The molecule has 2 N–H and O–H groups in total. The Hall–Kier alpha value is -5.18. The molecule has 0 aromatic heterocycles. The molecular formula is C31H28FN3O5. The molecule has 0 heterocycles. The van der Waals surface area contributed by atoms with Crippen LogP contribution >= 0.6 is 0 Å². The van der Waals surface area contributed by atoms with Crippen LogP contribution in [-0.4, -0.2) is 31.2 Å². The minimum atomic E-state index is -0.540. The Balaban J connectivity index is 1.35. The lowest BCUT2D eigenvalue weighted by molar-refractivity contribution is -0.118. The van der Waals surface area contributed by atoms with Crippen LogP contribution in [0.15, 0.2) is 102 Å². The zero-order valence-electron chi connectivity index (χ0n) is 21.8. The standard InChI is InChI=1S/C31H28FN3O5/c1-2-38-29-18-23(16-17-28(29)39-20-22-10-4-3-5-11-22)31(37)35-33-19-24-12-6-9-15-27(24)40-21-30(36)34-26-14-8-7-13-25(26)32/h3-19H,2,20-21H2,1H3,(H,34,36)(H,35,37)/b33-19+. The summed E-state index contributed by atoms with van der Waals surface area (Å²) >= 11 is 0. The van der Waals surface area contributed by atoms with Gasteiger partial charge in [-0.05, 0) is 55.0 Å². The van der Waals surface area contributed by atoms with Crippen molar-refractivity contribution in [2.24, 2.45) is 5.10 Å². The number of para-hydroxylation sites is 2. The molecule has 0 aliphatic rings. The SMILES string of the molecule is CCOc1cc(C(=O)N/N=C/c2ccccc2OCC(=O)Nc2ccccc2F)ccc1OCc1ccccc1. The average Bonchev–Trinajstić information content (AvgIpc) is 2.98. The number of nitrogens with one attached hydrogen (secondary N) is 2. The van der Waals surface area contributed by atoms with E-state index in [4.69, 9.17) is 14.2 Å². The van der Waals surface area contributed by atoms with Crippen molar-refractivity contribution >= 4 is 23.7 Å². The molecule has 0 fully saturated rings. The number of halogens is 1. The van der Waals surface area contributed by atoms with Crippen LogP contribution < -0.4 is 25.0 Å². The van der Waals surface area contributed by atoms with Crippen LogP contribution in [0.4, 0.5) is 10.1 Å². The van der Waals surface area contributed by atoms with E-state index in [-0.39, 0.29) is 12.3 Å². The van der Waals surface area contributed by atoms with E-state index in [0.29, 0.717) is 41.6 Å². The van der Waals surface area contributed by atoms with Crippen LogP contribution in [0.2, 0.25) is 0 Å². The number of amides is 2. The summed E-state index contributed by atoms with van der Waals surface area (Å²) in [6, 6.07) is 27.4. The summed E-state index contributed by atoms with van der Waals surface area (Å²) in [5, 5.41) is 6.49. The summed E-state index contributed by atoms with van der Waals surface area (Å²) in [5.41, 5.74) is 4.42. The molecule has 4 aromatic rings. The zero-order valence-corrected chi connectivity index (χ0v) is 21.8. The largest absolute Gasteiger partial charge is 0.490 e. The van der Waals surface area contributed by atoms with Crippen LogP contribution in [-0.2, 0) is 11.4 Å². The molecule has 0 spiro atoms. The minimum Gasteiger partial charge on any atom is -0.490 e. The fourth-order valence-electron chi connectivity index (χ4n) is 3.61. The number of hydrogen-bond acceptors (Lipinski definition) is 6. The number of carbonyl (C=O) groups is 2. The lowest BCUT2D eigenvalue weighted by Gasteiger charge is -2.13. The molecule has 40 heavy (non-hydrogen) atoms. The maximum Gasteiger partial charge on any atom is 0.271 e. The number of anilines is 1. The second kappa shape index (κ2) is 14.1. The summed E-state index contributed by atoms with van der Waals surface area (Å²) in [6.45, 7) is 2.27. The highest BCUT2D eigenvalue weighted by Gasteiger charge is 2.12. The Bertz CT molecular complexity index is 1480.